The van der Waals surface area contributed by atoms with Crippen LogP contribution in [0.25, 0.3) is 0 Å². The number of benzene rings is 1. The van der Waals surface area contributed by atoms with E-state index in [0.717, 1.165) is 24.8 Å². The quantitative estimate of drug-likeness (QED) is 0.553. The van der Waals surface area contributed by atoms with Gasteiger partial charge in [-0.25, -0.2) is 4.79 Å². The summed E-state index contributed by atoms with van der Waals surface area (Å²) >= 11 is 0. The van der Waals surface area contributed by atoms with Crippen LogP contribution in [0.5, 0.6) is 0 Å². The lowest BCUT2D eigenvalue weighted by Gasteiger charge is -2.41. The number of carbonyl (C=O) groups is 1. The molecule has 1 aromatic carbocycles. The van der Waals surface area contributed by atoms with E-state index in [1.807, 2.05) is 0 Å². The molecule has 0 heterocycles. The van der Waals surface area contributed by atoms with Gasteiger partial charge in [0.2, 0.25) is 0 Å². The van der Waals surface area contributed by atoms with Gasteiger partial charge in [-0.3, -0.25) is 10.1 Å². The van der Waals surface area contributed by atoms with E-state index in [2.05, 4.69) is 10.6 Å². The highest BCUT2D eigenvalue weighted by Crippen LogP contribution is 2.43. The van der Waals surface area contributed by atoms with E-state index in [0.29, 0.717) is 24.2 Å². The maximum Gasteiger partial charge on any atom is 0.319 e. The lowest BCUT2D eigenvalue weighted by molar-refractivity contribution is -0.385. The minimum atomic E-state index is -0.456. The third-order valence-electron chi connectivity index (χ3n) is 4.76. The van der Waals surface area contributed by atoms with Crippen molar-refractivity contribution in [2.45, 2.75) is 39.5 Å². The second-order valence-corrected chi connectivity index (χ2v) is 6.29. The van der Waals surface area contributed by atoms with Crippen LogP contribution in [0.4, 0.5) is 16.2 Å². The molecular formula is C16H23N3O4. The number of hydrogen-bond acceptors (Lipinski definition) is 4. The van der Waals surface area contributed by atoms with Crippen LogP contribution in [0.2, 0.25) is 0 Å². The summed E-state index contributed by atoms with van der Waals surface area (Å²) in [4.78, 5) is 22.7. The first-order valence-corrected chi connectivity index (χ1v) is 7.79. The van der Waals surface area contributed by atoms with E-state index in [-0.39, 0.29) is 23.7 Å². The largest absolute Gasteiger partial charge is 0.396 e. The number of nitro groups is 1. The fourth-order valence-corrected chi connectivity index (χ4v) is 3.08. The van der Waals surface area contributed by atoms with Gasteiger partial charge in [0, 0.05) is 19.2 Å². The summed E-state index contributed by atoms with van der Waals surface area (Å²) in [6.07, 6.45) is 3.81. The van der Waals surface area contributed by atoms with Crippen LogP contribution < -0.4 is 10.6 Å². The Morgan fingerprint density at radius 1 is 1.39 bits per heavy atom. The summed E-state index contributed by atoms with van der Waals surface area (Å²) in [6, 6.07) is 2.69. The Morgan fingerprint density at radius 2 is 2.09 bits per heavy atom. The number of nitrogens with one attached hydrogen (secondary N) is 2. The molecule has 7 heteroatoms. The van der Waals surface area contributed by atoms with Crippen molar-refractivity contribution in [3.05, 3.63) is 33.4 Å². The molecule has 0 aromatic heterocycles. The highest BCUT2D eigenvalue weighted by Gasteiger charge is 2.36. The summed E-state index contributed by atoms with van der Waals surface area (Å²) in [7, 11) is 0. The minimum Gasteiger partial charge on any atom is -0.396 e. The Morgan fingerprint density at radius 3 is 2.61 bits per heavy atom. The third kappa shape index (κ3) is 3.79. The van der Waals surface area contributed by atoms with E-state index in [4.69, 9.17) is 5.11 Å². The molecule has 0 radical (unpaired) electrons. The van der Waals surface area contributed by atoms with E-state index in [9.17, 15) is 14.9 Å². The minimum absolute atomic E-state index is 0.00113. The highest BCUT2D eigenvalue weighted by molar-refractivity contribution is 5.91. The van der Waals surface area contributed by atoms with Gasteiger partial charge in [-0.2, -0.15) is 0 Å². The van der Waals surface area contributed by atoms with Gasteiger partial charge in [-0.05, 0) is 44.1 Å². The maximum atomic E-state index is 12.1. The number of carbonyl (C=O) groups excluding carboxylic acids is 1. The predicted molar refractivity (Wildman–Crippen MR) is 87.6 cm³/mol. The second-order valence-electron chi connectivity index (χ2n) is 6.29. The van der Waals surface area contributed by atoms with E-state index >= 15 is 0 Å². The Balaban J connectivity index is 2.03. The highest BCUT2D eigenvalue weighted by atomic mass is 16.6. The SMILES string of the molecule is Cc1ccc([N+](=O)[O-])c(C)c1NC(=O)NCC1(CCO)CCC1. The second kappa shape index (κ2) is 6.95. The first-order chi connectivity index (χ1) is 10.9. The van der Waals surface area contributed by atoms with E-state index in [1.165, 1.54) is 6.07 Å². The zero-order valence-electron chi connectivity index (χ0n) is 13.5. The van der Waals surface area contributed by atoms with Crippen molar-refractivity contribution in [3.8, 4) is 0 Å². The van der Waals surface area contributed by atoms with Crippen molar-refractivity contribution < 1.29 is 14.8 Å². The molecule has 0 atom stereocenters. The van der Waals surface area contributed by atoms with E-state index < -0.39 is 4.92 Å². The number of urea groups is 1. The van der Waals surface area contributed by atoms with Gasteiger partial charge in [0.15, 0.2) is 0 Å². The fourth-order valence-electron chi connectivity index (χ4n) is 3.08. The number of anilines is 1. The monoisotopic (exact) mass is 321 g/mol. The molecule has 23 heavy (non-hydrogen) atoms. The zero-order valence-corrected chi connectivity index (χ0v) is 13.5. The molecule has 2 amide bonds. The van der Waals surface area contributed by atoms with Crippen molar-refractivity contribution in [2.75, 3.05) is 18.5 Å². The Kier molecular flexibility index (Phi) is 5.20. The molecule has 1 aromatic rings. The Labute approximate surface area is 135 Å². The average Bonchev–Trinajstić information content (AvgIpc) is 2.45. The number of nitrogens with zero attached hydrogens (tertiary/aromatic N) is 1. The summed E-state index contributed by atoms with van der Waals surface area (Å²) in [5, 5.41) is 25.7. The number of aliphatic hydroxyl groups is 1. The van der Waals surface area contributed by atoms with Crippen LogP contribution in [0.15, 0.2) is 12.1 Å². The van der Waals surface area contributed by atoms with Crippen molar-refractivity contribution in [1.82, 2.24) is 5.32 Å². The molecule has 3 N–H and O–H groups in total. The standard InChI is InChI=1S/C16H23N3O4/c1-11-4-5-13(19(22)23)12(2)14(11)18-15(21)17-10-16(8-9-20)6-3-7-16/h4-5,20H,3,6-10H2,1-2H3,(H2,17,18,21). The van der Waals surface area contributed by atoms with Gasteiger partial charge in [0.05, 0.1) is 16.2 Å². The number of aryl methyl sites for hydroxylation is 1. The number of amides is 2. The third-order valence-corrected chi connectivity index (χ3v) is 4.76. The molecule has 0 saturated heterocycles. The van der Waals surface area contributed by atoms with Crippen molar-refractivity contribution in [1.29, 1.82) is 0 Å². The number of rotatable bonds is 6. The molecule has 2 rings (SSSR count). The normalized spacial score (nSPS) is 15.6. The van der Waals surface area contributed by atoms with Crippen LogP contribution in [0, 0.1) is 29.4 Å². The smallest absolute Gasteiger partial charge is 0.319 e. The number of aliphatic hydroxyl groups excluding tert-OH is 1. The lowest BCUT2D eigenvalue weighted by atomic mass is 9.67. The van der Waals surface area contributed by atoms with Crippen LogP contribution in [-0.4, -0.2) is 29.2 Å². The van der Waals surface area contributed by atoms with Crippen LogP contribution in [0.3, 0.4) is 0 Å². The van der Waals surface area contributed by atoms with Crippen LogP contribution >= 0.6 is 0 Å². The molecule has 1 aliphatic carbocycles. The molecule has 0 spiro atoms. The number of hydrogen-bond donors (Lipinski definition) is 3. The summed E-state index contributed by atoms with van der Waals surface area (Å²) < 4.78 is 0. The molecule has 0 unspecified atom stereocenters. The van der Waals surface area contributed by atoms with Crippen LogP contribution in [0.1, 0.15) is 36.8 Å². The predicted octanol–water partition coefficient (Wildman–Crippen LogP) is 2.89. The van der Waals surface area contributed by atoms with Gasteiger partial charge in [0.1, 0.15) is 0 Å². The molecule has 1 aliphatic rings. The van der Waals surface area contributed by atoms with Gasteiger partial charge in [0.25, 0.3) is 5.69 Å². The van der Waals surface area contributed by atoms with Gasteiger partial charge in [-0.1, -0.05) is 12.5 Å². The van der Waals surface area contributed by atoms with Crippen LogP contribution in [-0.2, 0) is 0 Å². The molecule has 0 aliphatic heterocycles. The molecule has 0 bridgehead atoms. The van der Waals surface area contributed by atoms with E-state index in [1.54, 1.807) is 19.9 Å². The average molecular weight is 321 g/mol. The zero-order chi connectivity index (χ0) is 17.0. The maximum absolute atomic E-state index is 12.1. The Hall–Kier alpha value is -2.15. The first-order valence-electron chi connectivity index (χ1n) is 7.79. The molecule has 1 saturated carbocycles. The van der Waals surface area contributed by atoms with Gasteiger partial charge in [-0.15, -0.1) is 0 Å². The topological polar surface area (TPSA) is 105 Å². The fraction of sp³-hybridized carbons (Fsp3) is 0.562. The lowest BCUT2D eigenvalue weighted by Crippen LogP contribution is -2.44. The van der Waals surface area contributed by atoms with Crippen molar-refractivity contribution >= 4 is 17.4 Å². The molecule has 7 nitrogen and oxygen atoms in total. The summed E-state index contributed by atoms with van der Waals surface area (Å²) in [6.45, 7) is 4.05. The summed E-state index contributed by atoms with van der Waals surface area (Å²) in [5.74, 6) is 0. The molecule has 126 valence electrons. The summed E-state index contributed by atoms with van der Waals surface area (Å²) in [5.41, 5.74) is 1.68. The van der Waals surface area contributed by atoms with Gasteiger partial charge < -0.3 is 15.7 Å². The van der Waals surface area contributed by atoms with Crippen molar-refractivity contribution in [3.63, 3.8) is 0 Å². The molecule has 1 fully saturated rings. The van der Waals surface area contributed by atoms with Crippen molar-refractivity contribution in [2.24, 2.45) is 5.41 Å². The number of nitro benzene ring substituents is 1. The first kappa shape index (κ1) is 17.2. The Bertz CT molecular complexity index is 612. The molecular weight excluding hydrogens is 298 g/mol. The van der Waals surface area contributed by atoms with Gasteiger partial charge >= 0.3 is 6.03 Å².